The van der Waals surface area contributed by atoms with Crippen LogP contribution in [0.2, 0.25) is 0 Å². The first-order valence-electron chi connectivity index (χ1n) is 6.31. The smallest absolute Gasteiger partial charge is 0.267 e. The lowest BCUT2D eigenvalue weighted by atomic mass is 9.98. The number of nitrogens with zero attached hydrogens (tertiary/aromatic N) is 1. The zero-order chi connectivity index (χ0) is 13.0. The van der Waals surface area contributed by atoms with Crippen molar-refractivity contribution in [3.05, 3.63) is 16.3 Å². The average molecular weight is 305 g/mol. The molecule has 1 aromatic heterocycles. The number of piperidine rings is 1. The summed E-state index contributed by atoms with van der Waals surface area (Å²) in [5.74, 6) is 1.38. The third kappa shape index (κ3) is 3.84. The van der Waals surface area contributed by atoms with Crippen LogP contribution >= 0.6 is 23.7 Å². The molecule has 0 spiro atoms. The highest BCUT2D eigenvalue weighted by molar-refractivity contribution is 7.12. The highest BCUT2D eigenvalue weighted by Gasteiger charge is 2.26. The Kier molecular flexibility index (Phi) is 6.62. The number of amides is 1. The van der Waals surface area contributed by atoms with Gasteiger partial charge in [0.1, 0.15) is 10.6 Å². The molecule has 1 N–H and O–H groups in total. The van der Waals surface area contributed by atoms with E-state index in [4.69, 9.17) is 4.74 Å². The number of carbonyl (C=O) groups is 1. The number of nitrogens with one attached hydrogen (secondary N) is 1. The maximum absolute atomic E-state index is 12.4. The van der Waals surface area contributed by atoms with E-state index >= 15 is 0 Å². The number of likely N-dealkylation sites (tertiary alicyclic amines) is 1. The molecule has 2 heterocycles. The van der Waals surface area contributed by atoms with E-state index in [1.165, 1.54) is 17.8 Å². The van der Waals surface area contributed by atoms with Crippen LogP contribution in [0.15, 0.2) is 11.4 Å². The highest BCUT2D eigenvalue weighted by atomic mass is 35.5. The van der Waals surface area contributed by atoms with E-state index in [1.807, 2.05) is 23.4 Å². The summed E-state index contributed by atoms with van der Waals surface area (Å²) in [6.45, 7) is 2.69. The van der Waals surface area contributed by atoms with Gasteiger partial charge in [0.05, 0.1) is 7.11 Å². The maximum Gasteiger partial charge on any atom is 0.267 e. The van der Waals surface area contributed by atoms with E-state index < -0.39 is 0 Å². The molecule has 1 atom stereocenters. The summed E-state index contributed by atoms with van der Waals surface area (Å²) in [7, 11) is 3.57. The van der Waals surface area contributed by atoms with Gasteiger partial charge in [0.25, 0.3) is 5.91 Å². The molecule has 1 aromatic rings. The molecule has 19 heavy (non-hydrogen) atoms. The van der Waals surface area contributed by atoms with Crippen molar-refractivity contribution in [2.75, 3.05) is 33.8 Å². The fraction of sp³-hybridized carbons (Fsp3) is 0.615. The van der Waals surface area contributed by atoms with Crippen LogP contribution in [0.25, 0.3) is 0 Å². The molecule has 0 aromatic carbocycles. The van der Waals surface area contributed by atoms with Crippen molar-refractivity contribution < 1.29 is 9.53 Å². The van der Waals surface area contributed by atoms with E-state index in [2.05, 4.69) is 5.32 Å². The highest BCUT2D eigenvalue weighted by Crippen LogP contribution is 2.27. The monoisotopic (exact) mass is 304 g/mol. The Morgan fingerprint density at radius 1 is 1.63 bits per heavy atom. The molecule has 2 rings (SSSR count). The van der Waals surface area contributed by atoms with Crippen LogP contribution in [0, 0.1) is 5.92 Å². The first-order valence-corrected chi connectivity index (χ1v) is 7.19. The molecule has 1 amide bonds. The number of methoxy groups -OCH3 is 1. The van der Waals surface area contributed by atoms with Crippen LogP contribution in [-0.2, 0) is 0 Å². The summed E-state index contributed by atoms with van der Waals surface area (Å²) in [4.78, 5) is 15.1. The summed E-state index contributed by atoms with van der Waals surface area (Å²) in [6, 6.07) is 1.85. The number of carbonyl (C=O) groups excluding carboxylic acids is 1. The Morgan fingerprint density at radius 3 is 3.11 bits per heavy atom. The number of hydrogen-bond acceptors (Lipinski definition) is 4. The Labute approximate surface area is 124 Å². The third-order valence-corrected chi connectivity index (χ3v) is 4.23. The molecule has 1 unspecified atom stereocenters. The second kappa shape index (κ2) is 7.72. The Balaban J connectivity index is 0.00000180. The van der Waals surface area contributed by atoms with Crippen molar-refractivity contribution in [3.8, 4) is 5.75 Å². The maximum atomic E-state index is 12.4. The molecule has 0 bridgehead atoms. The van der Waals surface area contributed by atoms with Gasteiger partial charge >= 0.3 is 0 Å². The first kappa shape index (κ1) is 16.3. The third-order valence-electron chi connectivity index (χ3n) is 3.34. The first-order chi connectivity index (χ1) is 8.76. The second-order valence-corrected chi connectivity index (χ2v) is 5.55. The fourth-order valence-electron chi connectivity index (χ4n) is 2.46. The van der Waals surface area contributed by atoms with Crippen LogP contribution in [0.3, 0.4) is 0 Å². The van der Waals surface area contributed by atoms with Gasteiger partial charge in [0.15, 0.2) is 0 Å². The molecule has 108 valence electrons. The van der Waals surface area contributed by atoms with E-state index in [9.17, 15) is 4.79 Å². The zero-order valence-electron chi connectivity index (χ0n) is 11.3. The molecule has 1 fully saturated rings. The molecule has 1 aliphatic heterocycles. The summed E-state index contributed by atoms with van der Waals surface area (Å²) < 4.78 is 5.22. The minimum atomic E-state index is 0. The van der Waals surface area contributed by atoms with E-state index in [0.717, 1.165) is 30.9 Å². The zero-order valence-corrected chi connectivity index (χ0v) is 13.0. The molecule has 1 aliphatic rings. The second-order valence-electron chi connectivity index (χ2n) is 4.64. The lowest BCUT2D eigenvalue weighted by molar-refractivity contribution is 0.0676. The van der Waals surface area contributed by atoms with Crippen LogP contribution in [0.1, 0.15) is 22.5 Å². The predicted molar refractivity (Wildman–Crippen MR) is 80.7 cm³/mol. The minimum Gasteiger partial charge on any atom is -0.495 e. The number of ether oxygens (including phenoxy) is 1. The molecular weight excluding hydrogens is 284 g/mol. The van der Waals surface area contributed by atoms with Gasteiger partial charge in [0.2, 0.25) is 0 Å². The van der Waals surface area contributed by atoms with Gasteiger partial charge in [-0.1, -0.05) is 0 Å². The van der Waals surface area contributed by atoms with Crippen molar-refractivity contribution >= 4 is 29.7 Å². The van der Waals surface area contributed by atoms with Crippen LogP contribution < -0.4 is 10.1 Å². The van der Waals surface area contributed by atoms with Gasteiger partial charge < -0.3 is 15.0 Å². The predicted octanol–water partition coefficient (Wildman–Crippen LogP) is 2.25. The van der Waals surface area contributed by atoms with Gasteiger partial charge in [-0.2, -0.15) is 0 Å². The van der Waals surface area contributed by atoms with Crippen molar-refractivity contribution in [3.63, 3.8) is 0 Å². The molecule has 0 saturated carbocycles. The molecule has 6 heteroatoms. The van der Waals surface area contributed by atoms with Crippen LogP contribution in [-0.4, -0.2) is 44.6 Å². The Morgan fingerprint density at radius 2 is 2.42 bits per heavy atom. The topological polar surface area (TPSA) is 41.6 Å². The lowest BCUT2D eigenvalue weighted by Gasteiger charge is -2.32. The number of thiophene rings is 1. The number of hydrogen-bond donors (Lipinski definition) is 1. The number of halogens is 1. The van der Waals surface area contributed by atoms with Crippen molar-refractivity contribution in [1.29, 1.82) is 0 Å². The quantitative estimate of drug-likeness (QED) is 0.927. The Hall–Kier alpha value is -0.780. The molecule has 0 radical (unpaired) electrons. The molecular formula is C13H21ClN2O2S. The summed E-state index contributed by atoms with van der Waals surface area (Å²) in [5.41, 5.74) is 0. The minimum absolute atomic E-state index is 0. The normalized spacial score (nSPS) is 18.8. The number of rotatable bonds is 4. The summed E-state index contributed by atoms with van der Waals surface area (Å²) in [5, 5.41) is 5.10. The summed E-state index contributed by atoms with van der Waals surface area (Å²) >= 11 is 1.46. The lowest BCUT2D eigenvalue weighted by Crippen LogP contribution is -2.42. The Bertz CT molecular complexity index is 409. The van der Waals surface area contributed by atoms with Crippen LogP contribution in [0.4, 0.5) is 0 Å². The average Bonchev–Trinajstić information content (AvgIpc) is 2.87. The SMILES string of the molecule is CNCC1CCCN(C(=O)c2sccc2OC)C1.Cl. The standard InChI is InChI=1S/C13H20N2O2S.ClH/c1-14-8-10-4-3-6-15(9-10)13(16)12-11(17-2)5-7-18-12;/h5,7,10,14H,3-4,6,8-9H2,1-2H3;1H. The fourth-order valence-corrected chi connectivity index (χ4v) is 3.29. The van der Waals surface area contributed by atoms with Gasteiger partial charge in [-0.3, -0.25) is 4.79 Å². The van der Waals surface area contributed by atoms with Crippen LogP contribution in [0.5, 0.6) is 5.75 Å². The van der Waals surface area contributed by atoms with Gasteiger partial charge in [0, 0.05) is 13.1 Å². The molecule has 0 aliphatic carbocycles. The van der Waals surface area contributed by atoms with Crippen molar-refractivity contribution in [2.45, 2.75) is 12.8 Å². The van der Waals surface area contributed by atoms with E-state index in [0.29, 0.717) is 11.7 Å². The van der Waals surface area contributed by atoms with Gasteiger partial charge in [-0.15, -0.1) is 23.7 Å². The summed E-state index contributed by atoms with van der Waals surface area (Å²) in [6.07, 6.45) is 2.29. The van der Waals surface area contributed by atoms with Gasteiger partial charge in [-0.25, -0.2) is 0 Å². The van der Waals surface area contributed by atoms with Crippen molar-refractivity contribution in [2.24, 2.45) is 5.92 Å². The van der Waals surface area contributed by atoms with Crippen molar-refractivity contribution in [1.82, 2.24) is 10.2 Å². The molecule has 4 nitrogen and oxygen atoms in total. The van der Waals surface area contributed by atoms with Gasteiger partial charge in [-0.05, 0) is 43.8 Å². The molecule has 1 saturated heterocycles. The largest absolute Gasteiger partial charge is 0.495 e. The van der Waals surface area contributed by atoms with E-state index in [1.54, 1.807) is 7.11 Å². The van der Waals surface area contributed by atoms with E-state index in [-0.39, 0.29) is 18.3 Å².